The van der Waals surface area contributed by atoms with Gasteiger partial charge in [0.2, 0.25) is 0 Å². The molecule has 0 aromatic heterocycles. The van der Waals surface area contributed by atoms with Crippen molar-refractivity contribution in [2.75, 3.05) is 13.2 Å². The zero-order chi connectivity index (χ0) is 12.1. The molecule has 0 bridgehead atoms. The molecule has 96 valence electrons. The van der Waals surface area contributed by atoms with Gasteiger partial charge in [-0.25, -0.2) is 0 Å². The lowest BCUT2D eigenvalue weighted by Crippen LogP contribution is -2.35. The number of ether oxygens (including phenoxy) is 1. The van der Waals surface area contributed by atoms with E-state index in [1.807, 2.05) is 6.92 Å². The zero-order valence-electron chi connectivity index (χ0n) is 10.9. The van der Waals surface area contributed by atoms with Gasteiger partial charge >= 0.3 is 0 Å². The highest BCUT2D eigenvalue weighted by molar-refractivity contribution is 7.86. The summed E-state index contributed by atoms with van der Waals surface area (Å²) in [5.41, 5.74) is 0. The SMILES string of the molecule is CCNC(C)CC(C)S(=O)C1CCOC1C. The molecule has 1 heterocycles. The summed E-state index contributed by atoms with van der Waals surface area (Å²) in [6, 6.07) is 0.446. The number of hydrogen-bond donors (Lipinski definition) is 1. The van der Waals surface area contributed by atoms with E-state index >= 15 is 0 Å². The molecule has 16 heavy (non-hydrogen) atoms. The second-order valence-corrected chi connectivity index (χ2v) is 6.80. The van der Waals surface area contributed by atoms with Gasteiger partial charge in [-0.1, -0.05) is 13.8 Å². The molecule has 1 saturated heterocycles. The Balaban J connectivity index is 2.40. The first-order chi connectivity index (χ1) is 7.56. The molecule has 1 aliphatic rings. The summed E-state index contributed by atoms with van der Waals surface area (Å²) < 4.78 is 17.8. The predicted octanol–water partition coefficient (Wildman–Crippen LogP) is 1.69. The van der Waals surface area contributed by atoms with E-state index in [2.05, 4.69) is 26.1 Å². The molecule has 0 aromatic rings. The quantitative estimate of drug-likeness (QED) is 0.776. The summed E-state index contributed by atoms with van der Waals surface area (Å²) in [5, 5.41) is 3.86. The van der Waals surface area contributed by atoms with Crippen LogP contribution < -0.4 is 5.32 Å². The highest BCUT2D eigenvalue weighted by Crippen LogP contribution is 2.22. The lowest BCUT2D eigenvalue weighted by atomic mass is 10.2. The van der Waals surface area contributed by atoms with Crippen molar-refractivity contribution >= 4 is 10.8 Å². The molecule has 1 N–H and O–H groups in total. The zero-order valence-corrected chi connectivity index (χ0v) is 11.7. The molecule has 5 unspecified atom stereocenters. The van der Waals surface area contributed by atoms with Crippen LogP contribution in [0.15, 0.2) is 0 Å². The van der Waals surface area contributed by atoms with E-state index in [0.29, 0.717) is 6.04 Å². The molecule has 3 nitrogen and oxygen atoms in total. The summed E-state index contributed by atoms with van der Waals surface area (Å²) in [4.78, 5) is 0. The predicted molar refractivity (Wildman–Crippen MR) is 69.2 cm³/mol. The average Bonchev–Trinajstić information content (AvgIpc) is 2.63. The van der Waals surface area contributed by atoms with Gasteiger partial charge in [-0.15, -0.1) is 0 Å². The maximum absolute atomic E-state index is 12.3. The van der Waals surface area contributed by atoms with Crippen molar-refractivity contribution in [3.05, 3.63) is 0 Å². The Labute approximate surface area is 102 Å². The van der Waals surface area contributed by atoms with Crippen LogP contribution in [0.5, 0.6) is 0 Å². The van der Waals surface area contributed by atoms with Gasteiger partial charge in [0.1, 0.15) is 0 Å². The van der Waals surface area contributed by atoms with Gasteiger partial charge in [0.05, 0.1) is 11.4 Å². The Morgan fingerprint density at radius 1 is 1.50 bits per heavy atom. The van der Waals surface area contributed by atoms with Crippen molar-refractivity contribution in [1.82, 2.24) is 5.32 Å². The lowest BCUT2D eigenvalue weighted by Gasteiger charge is -2.22. The minimum Gasteiger partial charge on any atom is -0.377 e. The van der Waals surface area contributed by atoms with Gasteiger partial charge in [-0.2, -0.15) is 0 Å². The maximum atomic E-state index is 12.3. The number of hydrogen-bond acceptors (Lipinski definition) is 3. The summed E-state index contributed by atoms with van der Waals surface area (Å²) in [7, 11) is -0.759. The second-order valence-electron chi connectivity index (χ2n) is 4.74. The molecule has 0 radical (unpaired) electrons. The fourth-order valence-electron chi connectivity index (χ4n) is 2.34. The minimum absolute atomic E-state index is 0.165. The van der Waals surface area contributed by atoms with Gasteiger partial charge in [-0.05, 0) is 33.2 Å². The van der Waals surface area contributed by atoms with Crippen molar-refractivity contribution in [3.63, 3.8) is 0 Å². The Morgan fingerprint density at radius 3 is 2.69 bits per heavy atom. The first-order valence-corrected chi connectivity index (χ1v) is 7.58. The van der Waals surface area contributed by atoms with E-state index < -0.39 is 10.8 Å². The Hall–Kier alpha value is 0.0700. The average molecular weight is 247 g/mol. The van der Waals surface area contributed by atoms with E-state index in [-0.39, 0.29) is 16.6 Å². The Kier molecular flexibility index (Phi) is 5.94. The van der Waals surface area contributed by atoms with Crippen LogP contribution in [-0.4, -0.2) is 40.0 Å². The first kappa shape index (κ1) is 14.1. The summed E-state index contributed by atoms with van der Waals surface area (Å²) >= 11 is 0. The highest BCUT2D eigenvalue weighted by atomic mass is 32.2. The van der Waals surface area contributed by atoms with Crippen LogP contribution in [-0.2, 0) is 15.5 Å². The van der Waals surface area contributed by atoms with Crippen molar-refractivity contribution < 1.29 is 8.95 Å². The largest absolute Gasteiger partial charge is 0.377 e. The van der Waals surface area contributed by atoms with Crippen LogP contribution in [0.2, 0.25) is 0 Å². The van der Waals surface area contributed by atoms with Gasteiger partial charge in [-0.3, -0.25) is 4.21 Å². The van der Waals surface area contributed by atoms with Gasteiger partial charge in [0, 0.05) is 28.7 Å². The van der Waals surface area contributed by atoms with Crippen LogP contribution in [0.4, 0.5) is 0 Å². The van der Waals surface area contributed by atoms with E-state index in [0.717, 1.165) is 26.0 Å². The smallest absolute Gasteiger partial charge is 0.0691 e. The summed E-state index contributed by atoms with van der Waals surface area (Å²) in [6.45, 7) is 10.1. The number of rotatable bonds is 6. The lowest BCUT2D eigenvalue weighted by molar-refractivity contribution is 0.126. The molecular weight excluding hydrogens is 222 g/mol. The molecule has 1 fully saturated rings. The first-order valence-electron chi connectivity index (χ1n) is 6.30. The topological polar surface area (TPSA) is 38.3 Å². The summed E-state index contributed by atoms with van der Waals surface area (Å²) in [5.74, 6) is 0. The fraction of sp³-hybridized carbons (Fsp3) is 1.00. The third-order valence-electron chi connectivity index (χ3n) is 3.24. The monoisotopic (exact) mass is 247 g/mol. The standard InChI is InChI=1S/C12H25NO2S/c1-5-13-9(2)8-10(3)16(14)12-6-7-15-11(12)4/h9-13H,5-8H2,1-4H3. The van der Waals surface area contributed by atoms with E-state index in [1.165, 1.54) is 0 Å². The molecular formula is C12H25NO2S. The van der Waals surface area contributed by atoms with E-state index in [9.17, 15) is 4.21 Å². The van der Waals surface area contributed by atoms with Crippen molar-refractivity contribution in [3.8, 4) is 0 Å². The van der Waals surface area contributed by atoms with Crippen molar-refractivity contribution in [2.45, 2.75) is 63.2 Å². The molecule has 0 amide bonds. The minimum atomic E-state index is -0.759. The Bertz CT molecular complexity index is 235. The molecule has 0 saturated carbocycles. The van der Waals surface area contributed by atoms with Crippen molar-refractivity contribution in [2.24, 2.45) is 0 Å². The maximum Gasteiger partial charge on any atom is 0.0691 e. The van der Waals surface area contributed by atoms with Gasteiger partial charge < -0.3 is 10.1 Å². The Morgan fingerprint density at radius 2 is 2.19 bits per heavy atom. The molecule has 0 aromatic carbocycles. The molecule has 1 aliphatic heterocycles. The highest BCUT2D eigenvalue weighted by Gasteiger charge is 2.32. The van der Waals surface area contributed by atoms with Gasteiger partial charge in [0.25, 0.3) is 0 Å². The third-order valence-corrected chi connectivity index (χ3v) is 5.44. The van der Waals surface area contributed by atoms with Crippen molar-refractivity contribution in [1.29, 1.82) is 0 Å². The summed E-state index contributed by atoms with van der Waals surface area (Å²) in [6.07, 6.45) is 2.09. The van der Waals surface area contributed by atoms with Crippen LogP contribution in [0.1, 0.15) is 40.5 Å². The van der Waals surface area contributed by atoms with Crippen LogP contribution in [0.25, 0.3) is 0 Å². The third kappa shape index (κ3) is 3.82. The molecule has 5 atom stereocenters. The van der Waals surface area contributed by atoms with E-state index in [4.69, 9.17) is 4.74 Å². The molecule has 0 spiro atoms. The normalized spacial score (nSPS) is 31.2. The number of nitrogens with one attached hydrogen (secondary N) is 1. The van der Waals surface area contributed by atoms with Crippen LogP contribution in [0, 0.1) is 0 Å². The van der Waals surface area contributed by atoms with E-state index in [1.54, 1.807) is 0 Å². The molecule has 0 aliphatic carbocycles. The molecule has 4 heteroatoms. The van der Waals surface area contributed by atoms with Crippen LogP contribution >= 0.6 is 0 Å². The second kappa shape index (κ2) is 6.72. The molecule has 1 rings (SSSR count). The van der Waals surface area contributed by atoms with Crippen LogP contribution in [0.3, 0.4) is 0 Å². The fourth-order valence-corrected chi connectivity index (χ4v) is 4.20. The van der Waals surface area contributed by atoms with Gasteiger partial charge in [0.15, 0.2) is 0 Å².